The number of sulfone groups is 4. The van der Waals surface area contributed by atoms with Crippen molar-refractivity contribution in [1.29, 1.82) is 42.1 Å². The van der Waals surface area contributed by atoms with Crippen molar-refractivity contribution in [2.24, 2.45) is 35.5 Å². The van der Waals surface area contributed by atoms with Crippen molar-refractivity contribution in [1.82, 2.24) is 0 Å². The number of hydrogen-bond acceptors (Lipinski definition) is 20. The molecule has 0 rings (SSSR count). The molecule has 0 aliphatic rings. The number of nitrogens with zero attached hydrogens (tertiary/aromatic N) is 8. The largest absolute Gasteiger partial charge is 0.293 e. The van der Waals surface area contributed by atoms with Gasteiger partial charge in [-0.3, -0.25) is 19.2 Å². The molecule has 0 aromatic heterocycles. The van der Waals surface area contributed by atoms with E-state index in [0.717, 1.165) is 0 Å². The Balaban J connectivity index is -0.000000131. The molecular formula is C60H88N8O12S4. The van der Waals surface area contributed by atoms with Crippen LogP contribution in [0, 0.1) is 126 Å². The van der Waals surface area contributed by atoms with Crippen molar-refractivity contribution in [2.75, 3.05) is 11.5 Å². The summed E-state index contributed by atoms with van der Waals surface area (Å²) in [6, 6.07) is 13.5. The van der Waals surface area contributed by atoms with Crippen LogP contribution in [0.5, 0.6) is 0 Å². The Hall–Kier alpha value is -7.68. The van der Waals surface area contributed by atoms with Gasteiger partial charge >= 0.3 is 0 Å². The fourth-order valence-electron chi connectivity index (χ4n) is 4.65. The van der Waals surface area contributed by atoms with Crippen molar-refractivity contribution in [3.05, 3.63) is 92.5 Å². The Morgan fingerprint density at radius 1 is 0.369 bits per heavy atom. The maximum Gasteiger partial charge on any atom is 0.190 e. The highest BCUT2D eigenvalue weighted by atomic mass is 32.2. The molecular weight excluding hydrogens is 1150 g/mol. The first-order valence-electron chi connectivity index (χ1n) is 25.8. The smallest absolute Gasteiger partial charge is 0.190 e. The van der Waals surface area contributed by atoms with Crippen molar-refractivity contribution in [2.45, 2.75) is 162 Å². The average molecular weight is 1240 g/mol. The Morgan fingerprint density at radius 3 is 0.893 bits per heavy atom. The van der Waals surface area contributed by atoms with E-state index >= 15 is 0 Å². The topological polar surface area (TPSA) is 395 Å². The van der Waals surface area contributed by atoms with Gasteiger partial charge in [-0.1, -0.05) is 134 Å². The van der Waals surface area contributed by atoms with Crippen molar-refractivity contribution >= 4 is 62.5 Å². The molecule has 0 aromatic rings. The van der Waals surface area contributed by atoms with Crippen LogP contribution in [-0.4, -0.2) is 78.8 Å². The summed E-state index contributed by atoms with van der Waals surface area (Å²) in [6.07, 6.45) is 6.64. The standard InChI is InChI=1S/C9H13NO.C8H13NO2S.2C8H11NO.2C7H11NO2S.C7H9NO.C6H9NO2S/c1-4-8(6-10)9(11)5-7(2)3;1-4-8(5-9)12(10,11)6-7(2)3;1-6(2)4-8(10)7(3)5-9;1-4-7(5-9)8(10)6(2)3;1-6(2)5-11(9,10)7(3)4-8;1-4-7(5-8)11(9,10)6(2)3;1-5(2)7(9)6(3)4-8;1-5(2)10(8,9)6(3)4-7/h4,7H,5H2,1-3H3;4,7H,6H2,1-3H3;6H,3-4H2,1-2H3;4,6H,1-3H3;6H,3,5H2,1-2H3;4,6H,1-3H3;5H,3H2,1-2H3;5H,3H2,1-2H3/b2*8-4+;;7-4+;;7-4+;;. The summed E-state index contributed by atoms with van der Waals surface area (Å²) in [7, 11) is -13.4. The van der Waals surface area contributed by atoms with E-state index in [2.05, 4.69) is 26.3 Å². The van der Waals surface area contributed by atoms with E-state index in [0.29, 0.717) is 24.7 Å². The van der Waals surface area contributed by atoms with Gasteiger partial charge < -0.3 is 0 Å². The fourth-order valence-corrected chi connectivity index (χ4v) is 9.08. The highest BCUT2D eigenvalue weighted by Gasteiger charge is 2.22. The first kappa shape index (κ1) is 92.8. The minimum Gasteiger partial charge on any atom is -0.293 e. The molecule has 464 valence electrons. The van der Waals surface area contributed by atoms with Crippen LogP contribution in [0.15, 0.2) is 92.5 Å². The van der Waals surface area contributed by atoms with Crippen molar-refractivity contribution in [3.63, 3.8) is 0 Å². The van der Waals surface area contributed by atoms with Gasteiger partial charge in [0.25, 0.3) is 0 Å². The zero-order valence-electron chi connectivity index (χ0n) is 52.7. The second-order valence-corrected chi connectivity index (χ2v) is 29.1. The SMILES string of the molecule is C/C=C(\C#N)C(=O)C(C)C.C/C=C(\C#N)C(=O)CC(C)C.C/C=C(\C#N)S(=O)(=O)C(C)C.C/C=C(\C#N)S(=O)(=O)CC(C)C.C=C(C#N)C(=O)C(C)C.C=C(C#N)C(=O)CC(C)C.C=C(C#N)S(=O)(=O)C(C)C.C=C(C#N)S(=O)(=O)CC(C)C. The summed E-state index contributed by atoms with van der Waals surface area (Å²) in [4.78, 5) is 42.8. The van der Waals surface area contributed by atoms with E-state index in [1.165, 1.54) is 38.1 Å². The summed E-state index contributed by atoms with van der Waals surface area (Å²) in [5, 5.41) is 65.6. The number of hydrogen-bond donors (Lipinski definition) is 0. The molecule has 0 unspecified atom stereocenters. The Kier molecular flexibility index (Phi) is 53.9. The first-order valence-corrected chi connectivity index (χ1v) is 32.2. The van der Waals surface area contributed by atoms with E-state index < -0.39 is 49.8 Å². The summed E-state index contributed by atoms with van der Waals surface area (Å²) < 4.78 is 89.0. The summed E-state index contributed by atoms with van der Waals surface area (Å²) in [5.41, 5.74) is 0.646. The molecule has 84 heavy (non-hydrogen) atoms. The fraction of sp³-hybridized carbons (Fsp3) is 0.533. The molecule has 0 saturated heterocycles. The summed E-state index contributed by atoms with van der Waals surface area (Å²) in [5.74, 6) is 0.124. The highest BCUT2D eigenvalue weighted by Crippen LogP contribution is 2.14. The quantitative estimate of drug-likeness (QED) is 0.0807. The van der Waals surface area contributed by atoms with Crippen LogP contribution in [0.1, 0.15) is 151 Å². The van der Waals surface area contributed by atoms with E-state index in [4.69, 9.17) is 42.1 Å². The predicted molar refractivity (Wildman–Crippen MR) is 330 cm³/mol. The van der Waals surface area contributed by atoms with E-state index in [1.54, 1.807) is 120 Å². The molecule has 0 aliphatic heterocycles. The second-order valence-electron chi connectivity index (χ2n) is 20.0. The predicted octanol–water partition coefficient (Wildman–Crippen LogP) is 11.4. The third kappa shape index (κ3) is 44.9. The van der Waals surface area contributed by atoms with Gasteiger partial charge in [0.2, 0.25) is 0 Å². The number of allylic oxidation sites excluding steroid dienone is 12. The molecule has 20 nitrogen and oxygen atoms in total. The molecule has 0 atom stereocenters. The summed E-state index contributed by atoms with van der Waals surface area (Å²) in [6.45, 7) is 47.5. The lowest BCUT2D eigenvalue weighted by Gasteiger charge is -2.04. The van der Waals surface area contributed by atoms with Gasteiger partial charge in [0.15, 0.2) is 62.5 Å². The zero-order valence-corrected chi connectivity index (χ0v) is 56.0. The van der Waals surface area contributed by atoms with E-state index in [1.807, 2.05) is 53.7 Å². The minimum atomic E-state index is -3.38. The van der Waals surface area contributed by atoms with Crippen LogP contribution in [0.4, 0.5) is 0 Å². The number of rotatable bonds is 20. The molecule has 0 aliphatic carbocycles. The van der Waals surface area contributed by atoms with Gasteiger partial charge in [0.05, 0.1) is 44.3 Å². The number of nitriles is 8. The molecule has 24 heteroatoms. The minimum absolute atomic E-state index is 0.000602. The van der Waals surface area contributed by atoms with Crippen LogP contribution >= 0.6 is 0 Å². The first-order chi connectivity index (χ1) is 38.1. The van der Waals surface area contributed by atoms with Gasteiger partial charge in [0.1, 0.15) is 68.2 Å². The number of carbonyl (C=O) groups is 4. The molecule has 0 spiro atoms. The number of carbonyl (C=O) groups excluding carboxylic acids is 4. The number of Topliss-reactive ketones (excluding diaryl/α,β-unsaturated/α-hetero) is 4. The van der Waals surface area contributed by atoms with Crippen LogP contribution in [-0.2, 0) is 58.5 Å². The maximum absolute atomic E-state index is 11.3. The Bertz CT molecular complexity index is 3180. The van der Waals surface area contributed by atoms with Gasteiger partial charge in [-0.25, -0.2) is 33.7 Å². The molecule has 0 aromatic carbocycles. The highest BCUT2D eigenvalue weighted by molar-refractivity contribution is 7.96. The van der Waals surface area contributed by atoms with E-state index in [-0.39, 0.29) is 100 Å². The average Bonchev–Trinajstić information content (AvgIpc) is 3.38. The summed E-state index contributed by atoms with van der Waals surface area (Å²) >= 11 is 0. The maximum atomic E-state index is 11.3. The Morgan fingerprint density at radius 2 is 0.702 bits per heavy atom. The number of ketones is 4. The third-order valence-corrected chi connectivity index (χ3v) is 17.5. The molecule has 0 saturated carbocycles. The van der Waals surface area contributed by atoms with Crippen LogP contribution in [0.25, 0.3) is 0 Å². The van der Waals surface area contributed by atoms with Crippen molar-refractivity contribution in [3.8, 4) is 48.6 Å². The van der Waals surface area contributed by atoms with Crippen LogP contribution in [0.2, 0.25) is 0 Å². The lowest BCUT2D eigenvalue weighted by Crippen LogP contribution is -2.14. The van der Waals surface area contributed by atoms with Gasteiger partial charge in [0, 0.05) is 24.7 Å². The van der Waals surface area contributed by atoms with Gasteiger partial charge in [-0.05, 0) is 79.1 Å². The van der Waals surface area contributed by atoms with Crippen LogP contribution in [0.3, 0.4) is 0 Å². The third-order valence-electron chi connectivity index (χ3n) is 9.23. The normalized spacial score (nSPS) is 11.2. The zero-order chi connectivity index (χ0) is 68.9. The van der Waals surface area contributed by atoms with Gasteiger partial charge in [-0.2, -0.15) is 42.1 Å². The Labute approximate surface area is 504 Å². The lowest BCUT2D eigenvalue weighted by atomic mass is 10.0. The second kappa shape index (κ2) is 48.8. The monoisotopic (exact) mass is 1240 g/mol. The van der Waals surface area contributed by atoms with Gasteiger partial charge in [-0.15, -0.1) is 0 Å². The lowest BCUT2D eigenvalue weighted by molar-refractivity contribution is -0.118. The van der Waals surface area contributed by atoms with E-state index in [9.17, 15) is 52.8 Å². The van der Waals surface area contributed by atoms with Crippen LogP contribution < -0.4 is 0 Å². The molecule has 0 fully saturated rings. The van der Waals surface area contributed by atoms with Crippen molar-refractivity contribution < 1.29 is 52.8 Å². The molecule has 0 radical (unpaired) electrons. The molecule has 0 amide bonds. The molecule has 0 N–H and O–H groups in total. The molecule has 0 heterocycles. The molecule has 0 bridgehead atoms.